The molecule has 1 unspecified atom stereocenters. The van der Waals surface area contributed by atoms with Gasteiger partial charge in [0.05, 0.1) is 23.4 Å². The lowest BCUT2D eigenvalue weighted by atomic mass is 9.99. The van der Waals surface area contributed by atoms with E-state index in [1.54, 1.807) is 25.4 Å². The minimum atomic E-state index is -0.165. The highest BCUT2D eigenvalue weighted by Gasteiger charge is 2.35. The number of nitrogens with one attached hydrogen (secondary N) is 2. The van der Waals surface area contributed by atoms with Crippen molar-refractivity contribution in [2.75, 3.05) is 46.5 Å². The van der Waals surface area contributed by atoms with Gasteiger partial charge in [0.15, 0.2) is 11.4 Å². The summed E-state index contributed by atoms with van der Waals surface area (Å²) >= 11 is 0. The summed E-state index contributed by atoms with van der Waals surface area (Å²) < 4.78 is 17.4. The summed E-state index contributed by atoms with van der Waals surface area (Å²) in [5, 5.41) is 11.4. The molecular formula is C24H27N5O4. The van der Waals surface area contributed by atoms with Crippen LogP contribution in [0.1, 0.15) is 34.6 Å². The van der Waals surface area contributed by atoms with E-state index in [1.165, 1.54) is 0 Å². The summed E-state index contributed by atoms with van der Waals surface area (Å²) in [6.07, 6.45) is 3.37. The molecule has 2 aliphatic rings. The van der Waals surface area contributed by atoms with Gasteiger partial charge in [0.25, 0.3) is 0 Å². The Balaban J connectivity index is 1.53. The number of hydrogen-bond donors (Lipinski definition) is 2. The van der Waals surface area contributed by atoms with Crippen LogP contribution in [0.5, 0.6) is 11.5 Å². The molecule has 4 heterocycles. The van der Waals surface area contributed by atoms with Crippen LogP contribution in [0.3, 0.4) is 0 Å². The number of allylic oxidation sites excluding steroid dienone is 1. The molecule has 0 spiro atoms. The minimum absolute atomic E-state index is 0.0159. The molecule has 1 atom stereocenters. The number of nitrogens with zero attached hydrogens (tertiary/aromatic N) is 3. The number of H-pyrrole nitrogens is 1. The number of fused-ring (bicyclic) bond motifs is 2. The average Bonchev–Trinajstić information content (AvgIpc) is 3.40. The van der Waals surface area contributed by atoms with E-state index in [2.05, 4.69) is 32.3 Å². The van der Waals surface area contributed by atoms with Crippen LogP contribution in [0.25, 0.3) is 17.1 Å². The van der Waals surface area contributed by atoms with E-state index < -0.39 is 0 Å². The summed E-state index contributed by atoms with van der Waals surface area (Å²) in [5.41, 5.74) is 2.70. The molecular weight excluding hydrogens is 422 g/mol. The van der Waals surface area contributed by atoms with Crippen molar-refractivity contribution in [3.63, 3.8) is 0 Å². The van der Waals surface area contributed by atoms with Crippen LogP contribution < -0.4 is 14.8 Å². The molecule has 0 saturated carbocycles. The van der Waals surface area contributed by atoms with Gasteiger partial charge < -0.3 is 19.5 Å². The standard InChI is InChI=1S/C24H27N5O4/c1-15(29-10-8-25-9-11-29)21-19(32-13-12-31-2)6-5-17-22(30)20(33-23(17)21)14-18-16-4-3-7-26-24(16)28-27-18/h3-7,14-15,25H,8-13H2,1-2H3,(H,26,27,28). The molecule has 2 N–H and O–H groups in total. The van der Waals surface area contributed by atoms with Crippen molar-refractivity contribution in [3.8, 4) is 11.5 Å². The molecule has 1 saturated heterocycles. The highest BCUT2D eigenvalue weighted by Crippen LogP contribution is 2.44. The summed E-state index contributed by atoms with van der Waals surface area (Å²) in [4.78, 5) is 19.9. The van der Waals surface area contributed by atoms with E-state index in [1.807, 2.05) is 18.2 Å². The van der Waals surface area contributed by atoms with Crippen LogP contribution >= 0.6 is 0 Å². The van der Waals surface area contributed by atoms with Crippen LogP contribution in [0.4, 0.5) is 0 Å². The van der Waals surface area contributed by atoms with Gasteiger partial charge in [-0.1, -0.05) is 0 Å². The number of Topliss-reactive ketones (excluding diaryl/α,β-unsaturated/α-hetero) is 1. The Morgan fingerprint density at radius 1 is 1.24 bits per heavy atom. The second-order valence-electron chi connectivity index (χ2n) is 8.11. The highest BCUT2D eigenvalue weighted by atomic mass is 16.5. The maximum Gasteiger partial charge on any atom is 0.232 e. The molecule has 1 fully saturated rings. The molecule has 1 aromatic carbocycles. The highest BCUT2D eigenvalue weighted by molar-refractivity contribution is 6.15. The van der Waals surface area contributed by atoms with Gasteiger partial charge in [0, 0.05) is 57.0 Å². The number of piperazine rings is 1. The molecule has 0 bridgehead atoms. The Morgan fingerprint density at radius 3 is 2.91 bits per heavy atom. The fraction of sp³-hybridized carbons (Fsp3) is 0.375. The van der Waals surface area contributed by atoms with Gasteiger partial charge in [-0.15, -0.1) is 0 Å². The number of benzene rings is 1. The first kappa shape index (κ1) is 21.6. The SMILES string of the molecule is COCCOc1ccc2c(c1C(C)N1CCNCC1)OC(=Cc1n[nH]c3ncccc13)C2=O. The molecule has 2 aliphatic heterocycles. The van der Waals surface area contributed by atoms with Crippen molar-refractivity contribution in [1.29, 1.82) is 0 Å². The van der Waals surface area contributed by atoms with Gasteiger partial charge in [0.2, 0.25) is 5.78 Å². The largest absolute Gasteiger partial charge is 0.491 e. The monoisotopic (exact) mass is 449 g/mol. The lowest BCUT2D eigenvalue weighted by Gasteiger charge is -2.34. The fourth-order valence-electron chi connectivity index (χ4n) is 4.37. The van der Waals surface area contributed by atoms with Crippen LogP contribution in [-0.2, 0) is 4.74 Å². The Kier molecular flexibility index (Phi) is 6.08. The number of hydrogen-bond acceptors (Lipinski definition) is 8. The second kappa shape index (κ2) is 9.30. The fourth-order valence-corrected chi connectivity index (χ4v) is 4.37. The third kappa shape index (κ3) is 4.10. The van der Waals surface area contributed by atoms with Crippen molar-refractivity contribution >= 4 is 22.9 Å². The number of methoxy groups -OCH3 is 1. The minimum Gasteiger partial charge on any atom is -0.491 e. The van der Waals surface area contributed by atoms with Gasteiger partial charge in [-0.05, 0) is 31.2 Å². The van der Waals surface area contributed by atoms with Crippen LogP contribution in [0.15, 0.2) is 36.2 Å². The third-order valence-corrected chi connectivity index (χ3v) is 6.13. The maximum atomic E-state index is 13.3. The Morgan fingerprint density at radius 2 is 2.09 bits per heavy atom. The van der Waals surface area contributed by atoms with Crippen molar-refractivity contribution in [1.82, 2.24) is 25.4 Å². The lowest BCUT2D eigenvalue weighted by Crippen LogP contribution is -2.44. The number of pyridine rings is 1. The zero-order chi connectivity index (χ0) is 22.8. The number of carbonyl (C=O) groups excluding carboxylic acids is 1. The molecule has 0 amide bonds. The van der Waals surface area contributed by atoms with E-state index in [9.17, 15) is 4.79 Å². The number of rotatable bonds is 7. The van der Waals surface area contributed by atoms with E-state index in [4.69, 9.17) is 14.2 Å². The number of ketones is 1. The van der Waals surface area contributed by atoms with Crippen molar-refractivity contribution in [3.05, 3.63) is 53.0 Å². The first-order valence-electron chi connectivity index (χ1n) is 11.1. The van der Waals surface area contributed by atoms with Gasteiger partial charge in [-0.3, -0.25) is 14.8 Å². The normalized spacial score (nSPS) is 18.5. The van der Waals surface area contributed by atoms with E-state index >= 15 is 0 Å². The number of ether oxygens (including phenoxy) is 3. The number of carbonyl (C=O) groups is 1. The maximum absolute atomic E-state index is 13.3. The van der Waals surface area contributed by atoms with Gasteiger partial charge in [-0.25, -0.2) is 4.98 Å². The Labute approximate surface area is 191 Å². The van der Waals surface area contributed by atoms with E-state index in [0.717, 1.165) is 37.1 Å². The molecule has 3 aromatic rings. The molecule has 0 radical (unpaired) electrons. The smallest absolute Gasteiger partial charge is 0.232 e. The van der Waals surface area contributed by atoms with Crippen LogP contribution in [0, 0.1) is 0 Å². The Bertz CT molecular complexity index is 1200. The van der Waals surface area contributed by atoms with E-state index in [-0.39, 0.29) is 17.6 Å². The number of aromatic nitrogens is 3. The van der Waals surface area contributed by atoms with Gasteiger partial charge >= 0.3 is 0 Å². The van der Waals surface area contributed by atoms with Crippen LogP contribution in [-0.4, -0.2) is 72.4 Å². The Hall–Kier alpha value is -3.27. The van der Waals surface area contributed by atoms with Gasteiger partial charge in [-0.2, -0.15) is 5.10 Å². The summed E-state index contributed by atoms with van der Waals surface area (Å²) in [5.74, 6) is 1.35. The molecule has 9 nitrogen and oxygen atoms in total. The van der Waals surface area contributed by atoms with Gasteiger partial charge in [0.1, 0.15) is 18.1 Å². The predicted octanol–water partition coefficient (Wildman–Crippen LogP) is 2.57. The molecule has 9 heteroatoms. The molecule has 172 valence electrons. The zero-order valence-electron chi connectivity index (χ0n) is 18.8. The van der Waals surface area contributed by atoms with Crippen molar-refractivity contribution < 1.29 is 19.0 Å². The summed E-state index contributed by atoms with van der Waals surface area (Å²) in [6.45, 7) is 6.68. The first-order valence-corrected chi connectivity index (χ1v) is 11.1. The van der Waals surface area contributed by atoms with E-state index in [0.29, 0.717) is 41.6 Å². The second-order valence-corrected chi connectivity index (χ2v) is 8.11. The molecule has 2 aromatic heterocycles. The average molecular weight is 450 g/mol. The topological polar surface area (TPSA) is 102 Å². The zero-order valence-corrected chi connectivity index (χ0v) is 18.8. The molecule has 33 heavy (non-hydrogen) atoms. The lowest BCUT2D eigenvalue weighted by molar-refractivity contribution is 0.101. The summed E-state index contributed by atoms with van der Waals surface area (Å²) in [7, 11) is 1.64. The molecule has 0 aliphatic carbocycles. The number of aromatic amines is 1. The third-order valence-electron chi connectivity index (χ3n) is 6.13. The first-order chi connectivity index (χ1) is 16.2. The van der Waals surface area contributed by atoms with Crippen LogP contribution in [0.2, 0.25) is 0 Å². The van der Waals surface area contributed by atoms with Crippen molar-refractivity contribution in [2.24, 2.45) is 0 Å². The summed E-state index contributed by atoms with van der Waals surface area (Å²) in [6, 6.07) is 7.40. The molecule has 5 rings (SSSR count). The predicted molar refractivity (Wildman–Crippen MR) is 123 cm³/mol. The quantitative estimate of drug-likeness (QED) is 0.419. The van der Waals surface area contributed by atoms with Crippen molar-refractivity contribution in [2.45, 2.75) is 13.0 Å².